The van der Waals surface area contributed by atoms with E-state index < -0.39 is 5.72 Å². The molecule has 0 aliphatic heterocycles. The lowest BCUT2D eigenvalue weighted by molar-refractivity contribution is -0.159. The molecule has 1 atom stereocenters. The standard InChI is InChI=1S/C24H45NO2/c1-5-6-7-8-9-10-11-12-13-14-15-16-17-18-19-20-23(26)27-24(4,25)21-22(2)3/h9-10,12-13,22H,5-8,11,14-21,25H2,1-4H3/b10-9-,13-12-. The third-order valence-electron chi connectivity index (χ3n) is 4.49. The molecule has 0 aromatic heterocycles. The van der Waals surface area contributed by atoms with E-state index in [1.807, 2.05) is 0 Å². The third-order valence-corrected chi connectivity index (χ3v) is 4.49. The topological polar surface area (TPSA) is 52.3 Å². The quantitative estimate of drug-likeness (QED) is 0.127. The Morgan fingerprint density at radius 3 is 2.07 bits per heavy atom. The van der Waals surface area contributed by atoms with Gasteiger partial charge >= 0.3 is 5.97 Å². The van der Waals surface area contributed by atoms with Crippen LogP contribution in [0.1, 0.15) is 111 Å². The summed E-state index contributed by atoms with van der Waals surface area (Å²) < 4.78 is 5.39. The highest BCUT2D eigenvalue weighted by Gasteiger charge is 2.24. The maximum absolute atomic E-state index is 11.9. The Morgan fingerprint density at radius 1 is 0.926 bits per heavy atom. The first-order chi connectivity index (χ1) is 12.9. The van der Waals surface area contributed by atoms with E-state index in [1.54, 1.807) is 6.92 Å². The van der Waals surface area contributed by atoms with E-state index >= 15 is 0 Å². The molecule has 0 bridgehead atoms. The first-order valence-electron chi connectivity index (χ1n) is 11.2. The van der Waals surface area contributed by atoms with Crippen LogP contribution in [0, 0.1) is 5.92 Å². The molecule has 27 heavy (non-hydrogen) atoms. The number of hydrogen-bond acceptors (Lipinski definition) is 3. The first-order valence-corrected chi connectivity index (χ1v) is 11.2. The van der Waals surface area contributed by atoms with Crippen molar-refractivity contribution in [1.82, 2.24) is 0 Å². The van der Waals surface area contributed by atoms with Crippen LogP contribution in [0.15, 0.2) is 24.3 Å². The van der Waals surface area contributed by atoms with Gasteiger partial charge in [-0.1, -0.05) is 77.2 Å². The Balaban J connectivity index is 3.49. The molecule has 158 valence electrons. The summed E-state index contributed by atoms with van der Waals surface area (Å²) in [6.07, 6.45) is 23.4. The molecule has 0 aromatic carbocycles. The Hall–Kier alpha value is -1.09. The Kier molecular flexibility index (Phi) is 16.4. The SMILES string of the molecule is CCCCC/C=C\C/C=C\CCCCCCCC(=O)OC(C)(N)CC(C)C. The van der Waals surface area contributed by atoms with Crippen LogP contribution in [0.4, 0.5) is 0 Å². The number of carbonyl (C=O) groups is 1. The highest BCUT2D eigenvalue weighted by Crippen LogP contribution is 2.17. The number of hydrogen-bond donors (Lipinski definition) is 1. The zero-order valence-electron chi connectivity index (χ0n) is 18.5. The molecule has 0 rings (SSSR count). The van der Waals surface area contributed by atoms with Gasteiger partial charge < -0.3 is 4.74 Å². The van der Waals surface area contributed by atoms with E-state index in [-0.39, 0.29) is 5.97 Å². The van der Waals surface area contributed by atoms with Crippen molar-refractivity contribution in [1.29, 1.82) is 0 Å². The van der Waals surface area contributed by atoms with E-state index in [4.69, 9.17) is 10.5 Å². The molecule has 3 nitrogen and oxygen atoms in total. The molecular weight excluding hydrogens is 334 g/mol. The first kappa shape index (κ1) is 25.9. The second-order valence-electron chi connectivity index (χ2n) is 8.37. The van der Waals surface area contributed by atoms with E-state index in [0.29, 0.717) is 18.8 Å². The second kappa shape index (κ2) is 17.0. The summed E-state index contributed by atoms with van der Waals surface area (Å²) in [5, 5.41) is 0. The number of carbonyl (C=O) groups excluding carboxylic acids is 1. The maximum Gasteiger partial charge on any atom is 0.307 e. The van der Waals surface area contributed by atoms with Crippen molar-refractivity contribution in [3.8, 4) is 0 Å². The molecule has 0 aromatic rings. The van der Waals surface area contributed by atoms with Crippen molar-refractivity contribution in [3.05, 3.63) is 24.3 Å². The van der Waals surface area contributed by atoms with Crippen LogP contribution in [-0.2, 0) is 9.53 Å². The monoisotopic (exact) mass is 379 g/mol. The molecule has 0 spiro atoms. The Bertz CT molecular complexity index is 411. The van der Waals surface area contributed by atoms with Crippen LogP contribution in [0.2, 0.25) is 0 Å². The van der Waals surface area contributed by atoms with Crippen LogP contribution in [0.5, 0.6) is 0 Å². The molecule has 0 saturated heterocycles. The molecule has 0 heterocycles. The van der Waals surface area contributed by atoms with E-state index in [9.17, 15) is 4.79 Å². The number of esters is 1. The number of nitrogens with two attached hydrogens (primary N) is 1. The fourth-order valence-electron chi connectivity index (χ4n) is 3.24. The molecular formula is C24H45NO2. The lowest BCUT2D eigenvalue weighted by Gasteiger charge is -2.26. The number of unbranched alkanes of at least 4 members (excludes halogenated alkanes) is 8. The van der Waals surface area contributed by atoms with Gasteiger partial charge in [0.15, 0.2) is 5.72 Å². The van der Waals surface area contributed by atoms with Crippen LogP contribution < -0.4 is 5.73 Å². The molecule has 0 radical (unpaired) electrons. The molecule has 0 aliphatic rings. The van der Waals surface area contributed by atoms with Gasteiger partial charge in [-0.15, -0.1) is 0 Å². The van der Waals surface area contributed by atoms with Gasteiger partial charge in [-0.3, -0.25) is 10.5 Å². The average molecular weight is 380 g/mol. The summed E-state index contributed by atoms with van der Waals surface area (Å²) >= 11 is 0. The predicted molar refractivity (Wildman–Crippen MR) is 117 cm³/mol. The van der Waals surface area contributed by atoms with Gasteiger partial charge in [0.2, 0.25) is 0 Å². The van der Waals surface area contributed by atoms with Crippen molar-refractivity contribution < 1.29 is 9.53 Å². The minimum absolute atomic E-state index is 0.161. The summed E-state index contributed by atoms with van der Waals surface area (Å²) in [7, 11) is 0. The summed E-state index contributed by atoms with van der Waals surface area (Å²) in [5.74, 6) is 0.259. The minimum atomic E-state index is -0.831. The maximum atomic E-state index is 11.9. The zero-order valence-corrected chi connectivity index (χ0v) is 18.5. The summed E-state index contributed by atoms with van der Waals surface area (Å²) in [6.45, 7) is 8.20. The third kappa shape index (κ3) is 19.5. The number of rotatable bonds is 17. The zero-order chi connectivity index (χ0) is 20.4. The number of ether oxygens (including phenoxy) is 1. The minimum Gasteiger partial charge on any atom is -0.444 e. The normalized spacial score (nSPS) is 14.3. The number of allylic oxidation sites excluding steroid dienone is 4. The predicted octanol–water partition coefficient (Wildman–Crippen LogP) is 7.06. The molecule has 0 amide bonds. The fourth-order valence-corrected chi connectivity index (χ4v) is 3.24. The summed E-state index contributed by atoms with van der Waals surface area (Å²) in [6, 6.07) is 0. The second-order valence-corrected chi connectivity index (χ2v) is 8.37. The van der Waals surface area contributed by atoms with Crippen molar-refractivity contribution >= 4 is 5.97 Å². The highest BCUT2D eigenvalue weighted by molar-refractivity contribution is 5.69. The van der Waals surface area contributed by atoms with Crippen LogP contribution in [0.3, 0.4) is 0 Å². The van der Waals surface area contributed by atoms with Crippen molar-refractivity contribution in [2.45, 2.75) is 117 Å². The summed E-state index contributed by atoms with van der Waals surface area (Å²) in [4.78, 5) is 11.9. The fraction of sp³-hybridized carbons (Fsp3) is 0.792. The van der Waals surface area contributed by atoms with Gasteiger partial charge in [-0.25, -0.2) is 0 Å². The molecule has 0 saturated carbocycles. The smallest absolute Gasteiger partial charge is 0.307 e. The largest absolute Gasteiger partial charge is 0.444 e. The Morgan fingerprint density at radius 2 is 1.48 bits per heavy atom. The lowest BCUT2D eigenvalue weighted by Crippen LogP contribution is -2.42. The van der Waals surface area contributed by atoms with Gasteiger partial charge in [0, 0.05) is 12.8 Å². The van der Waals surface area contributed by atoms with Crippen LogP contribution in [-0.4, -0.2) is 11.7 Å². The molecule has 3 heteroatoms. The lowest BCUT2D eigenvalue weighted by atomic mass is 10.0. The average Bonchev–Trinajstić information content (AvgIpc) is 2.56. The van der Waals surface area contributed by atoms with Gasteiger partial charge in [0.1, 0.15) is 0 Å². The Labute approximate surface area is 168 Å². The van der Waals surface area contributed by atoms with Crippen molar-refractivity contribution in [3.63, 3.8) is 0 Å². The van der Waals surface area contributed by atoms with Crippen molar-refractivity contribution in [2.24, 2.45) is 11.7 Å². The summed E-state index contributed by atoms with van der Waals surface area (Å²) in [5.41, 5.74) is 5.19. The van der Waals surface area contributed by atoms with Gasteiger partial charge in [-0.2, -0.15) is 0 Å². The van der Waals surface area contributed by atoms with Gasteiger partial charge in [-0.05, 0) is 51.4 Å². The molecule has 0 aliphatic carbocycles. The van der Waals surface area contributed by atoms with Crippen LogP contribution in [0.25, 0.3) is 0 Å². The van der Waals surface area contributed by atoms with E-state index in [1.165, 1.54) is 44.9 Å². The van der Waals surface area contributed by atoms with Gasteiger partial charge in [0.05, 0.1) is 0 Å². The van der Waals surface area contributed by atoms with Crippen molar-refractivity contribution in [2.75, 3.05) is 0 Å². The highest BCUT2D eigenvalue weighted by atomic mass is 16.6. The molecule has 1 unspecified atom stereocenters. The van der Waals surface area contributed by atoms with E-state index in [2.05, 4.69) is 45.1 Å². The van der Waals surface area contributed by atoms with E-state index in [0.717, 1.165) is 25.7 Å². The van der Waals surface area contributed by atoms with Gasteiger partial charge in [0.25, 0.3) is 0 Å². The molecule has 2 N–H and O–H groups in total. The van der Waals surface area contributed by atoms with Crippen LogP contribution >= 0.6 is 0 Å². The molecule has 0 fully saturated rings.